The quantitative estimate of drug-likeness (QED) is 0.832. The molecule has 1 saturated heterocycles. The Balaban J connectivity index is 1.43. The Morgan fingerprint density at radius 2 is 1.89 bits per heavy atom. The number of hydrogen-bond acceptors (Lipinski definition) is 3. The topological polar surface area (TPSA) is 58.6 Å². The minimum Gasteiger partial charge on any atom is -0.376 e. The van der Waals surface area contributed by atoms with Gasteiger partial charge in [0.2, 0.25) is 11.8 Å². The van der Waals surface area contributed by atoms with Gasteiger partial charge in [-0.25, -0.2) is 4.39 Å². The van der Waals surface area contributed by atoms with E-state index in [2.05, 4.69) is 5.32 Å². The van der Waals surface area contributed by atoms with Gasteiger partial charge >= 0.3 is 0 Å². The molecule has 2 saturated carbocycles. The Hall–Kier alpha value is -1.95. The fraction of sp³-hybridized carbons (Fsp3) is 0.619. The highest BCUT2D eigenvalue weighted by Crippen LogP contribution is 2.52. The molecule has 1 aromatic carbocycles. The van der Waals surface area contributed by atoms with Crippen molar-refractivity contribution < 1.29 is 18.7 Å². The van der Waals surface area contributed by atoms with Gasteiger partial charge in [0.1, 0.15) is 11.4 Å². The van der Waals surface area contributed by atoms with E-state index in [1.54, 1.807) is 30.2 Å². The number of hydrogen-bond donors (Lipinski definition) is 1. The molecule has 3 aliphatic rings. The zero-order valence-electron chi connectivity index (χ0n) is 15.8. The molecule has 6 heteroatoms. The molecule has 3 fully saturated rings. The van der Waals surface area contributed by atoms with Gasteiger partial charge in [-0.2, -0.15) is 0 Å². The third kappa shape index (κ3) is 3.24. The molecule has 5 nitrogen and oxygen atoms in total. The van der Waals surface area contributed by atoms with E-state index < -0.39 is 5.54 Å². The summed E-state index contributed by atoms with van der Waals surface area (Å²) in [5, 5.41) is 3.25. The molecule has 27 heavy (non-hydrogen) atoms. The van der Waals surface area contributed by atoms with Crippen molar-refractivity contribution in [2.24, 2.45) is 5.92 Å². The molecule has 0 unspecified atom stereocenters. The van der Waals surface area contributed by atoms with Crippen LogP contribution in [0.3, 0.4) is 0 Å². The van der Waals surface area contributed by atoms with E-state index >= 15 is 0 Å². The molecule has 4 rings (SSSR count). The number of ether oxygens (including phenoxy) is 1. The lowest BCUT2D eigenvalue weighted by molar-refractivity contribution is -0.154. The summed E-state index contributed by atoms with van der Waals surface area (Å²) >= 11 is 0. The Bertz CT molecular complexity index is 735. The minimum atomic E-state index is -0.508. The van der Waals surface area contributed by atoms with Crippen molar-refractivity contribution in [3.05, 3.63) is 35.6 Å². The number of nitrogens with zero attached hydrogens (tertiary/aromatic N) is 1. The molecule has 1 aromatic rings. The molecule has 0 aromatic heterocycles. The van der Waals surface area contributed by atoms with Crippen LogP contribution in [-0.4, -0.2) is 48.1 Å². The molecular formula is C21H27FN2O3. The third-order valence-corrected chi connectivity index (χ3v) is 6.63. The van der Waals surface area contributed by atoms with E-state index in [9.17, 15) is 14.0 Å². The zero-order chi connectivity index (χ0) is 19.1. The number of methoxy groups -OCH3 is 1. The normalized spacial score (nSPS) is 23.0. The van der Waals surface area contributed by atoms with Gasteiger partial charge in [0, 0.05) is 26.1 Å². The van der Waals surface area contributed by atoms with E-state index in [1.165, 1.54) is 6.07 Å². The zero-order valence-corrected chi connectivity index (χ0v) is 15.8. The van der Waals surface area contributed by atoms with E-state index in [4.69, 9.17) is 4.74 Å². The summed E-state index contributed by atoms with van der Waals surface area (Å²) in [6.07, 6.45) is 5.92. The number of carbonyl (C=O) groups is 2. The first-order chi connectivity index (χ1) is 13.0. The number of likely N-dealkylation sites (tertiary alicyclic amines) is 1. The van der Waals surface area contributed by atoms with Crippen molar-refractivity contribution in [1.82, 2.24) is 10.2 Å². The predicted molar refractivity (Wildman–Crippen MR) is 98.5 cm³/mol. The Labute approximate surface area is 159 Å². The third-order valence-electron chi connectivity index (χ3n) is 6.63. The van der Waals surface area contributed by atoms with Gasteiger partial charge in [0.25, 0.3) is 0 Å². The van der Waals surface area contributed by atoms with Crippen molar-refractivity contribution in [1.29, 1.82) is 0 Å². The second-order valence-electron chi connectivity index (χ2n) is 8.27. The lowest BCUT2D eigenvalue weighted by atomic mass is 9.80. The van der Waals surface area contributed by atoms with E-state index in [-0.39, 0.29) is 35.6 Å². The molecule has 0 bridgehead atoms. The Morgan fingerprint density at radius 1 is 1.22 bits per heavy atom. The average molecular weight is 374 g/mol. The molecule has 1 heterocycles. The molecule has 2 aliphatic carbocycles. The summed E-state index contributed by atoms with van der Waals surface area (Å²) in [6, 6.07) is 6.36. The summed E-state index contributed by atoms with van der Waals surface area (Å²) in [4.78, 5) is 27.1. The van der Waals surface area contributed by atoms with Crippen molar-refractivity contribution in [2.45, 2.75) is 56.1 Å². The molecule has 2 amide bonds. The molecule has 146 valence electrons. The summed E-state index contributed by atoms with van der Waals surface area (Å²) in [5.74, 6) is -0.296. The largest absolute Gasteiger partial charge is 0.376 e. The lowest BCUT2D eigenvalue weighted by Crippen LogP contribution is -2.78. The minimum absolute atomic E-state index is 0.0410. The molecule has 1 aliphatic heterocycles. The van der Waals surface area contributed by atoms with E-state index in [0.717, 1.165) is 38.5 Å². The van der Waals surface area contributed by atoms with Gasteiger partial charge in [-0.15, -0.1) is 0 Å². The Morgan fingerprint density at radius 3 is 2.48 bits per heavy atom. The molecular weight excluding hydrogens is 347 g/mol. The van der Waals surface area contributed by atoms with Crippen LogP contribution in [0.25, 0.3) is 0 Å². The first-order valence-corrected chi connectivity index (χ1v) is 9.87. The van der Waals surface area contributed by atoms with Crippen LogP contribution in [0, 0.1) is 11.7 Å². The van der Waals surface area contributed by atoms with Crippen LogP contribution in [0.4, 0.5) is 4.39 Å². The fourth-order valence-electron chi connectivity index (χ4n) is 4.70. The van der Waals surface area contributed by atoms with Crippen LogP contribution in [-0.2, 0) is 20.7 Å². The van der Waals surface area contributed by atoms with Crippen LogP contribution >= 0.6 is 0 Å². The van der Waals surface area contributed by atoms with Crippen molar-refractivity contribution in [3.63, 3.8) is 0 Å². The Kier molecular flexibility index (Phi) is 4.70. The van der Waals surface area contributed by atoms with Gasteiger partial charge < -0.3 is 15.0 Å². The highest BCUT2D eigenvalue weighted by atomic mass is 19.1. The molecule has 1 N–H and O–H groups in total. The van der Waals surface area contributed by atoms with Gasteiger partial charge in [-0.3, -0.25) is 9.59 Å². The highest BCUT2D eigenvalue weighted by molar-refractivity contribution is 5.83. The van der Waals surface area contributed by atoms with Crippen LogP contribution < -0.4 is 5.32 Å². The van der Waals surface area contributed by atoms with Crippen LogP contribution in [0.2, 0.25) is 0 Å². The van der Waals surface area contributed by atoms with Crippen molar-refractivity contribution >= 4 is 11.8 Å². The smallest absolute Gasteiger partial charge is 0.227 e. The standard InChI is InChI=1S/C21H27FN2O3/c1-27-21(10-11-21)20(23-19(26)15-6-2-3-7-15)13-24(14-20)18(25)12-16-8-4-5-9-17(16)22/h4-5,8-9,15H,2-3,6-7,10-14H2,1H3,(H,23,26). The summed E-state index contributed by atoms with van der Waals surface area (Å²) < 4.78 is 19.6. The number of carbonyl (C=O) groups excluding carboxylic acids is 2. The predicted octanol–water partition coefficient (Wildman–Crippen LogP) is 2.43. The van der Waals surface area contributed by atoms with Crippen LogP contribution in [0.15, 0.2) is 24.3 Å². The SMILES string of the molecule is COC1(C2(NC(=O)C3CCCC3)CN(C(=O)Cc3ccccc3F)C2)CC1. The monoisotopic (exact) mass is 374 g/mol. The van der Waals surface area contributed by atoms with Crippen LogP contribution in [0.5, 0.6) is 0 Å². The first kappa shape index (κ1) is 18.4. The number of halogens is 1. The lowest BCUT2D eigenvalue weighted by Gasteiger charge is -2.54. The number of rotatable bonds is 6. The van der Waals surface area contributed by atoms with Gasteiger partial charge in [-0.1, -0.05) is 31.0 Å². The second-order valence-corrected chi connectivity index (χ2v) is 8.27. The first-order valence-electron chi connectivity index (χ1n) is 9.87. The van der Waals surface area contributed by atoms with Gasteiger partial charge in [-0.05, 0) is 37.3 Å². The number of nitrogens with one attached hydrogen (secondary N) is 1. The van der Waals surface area contributed by atoms with E-state index in [0.29, 0.717) is 18.7 Å². The van der Waals surface area contributed by atoms with Gasteiger partial charge in [0.15, 0.2) is 0 Å². The van der Waals surface area contributed by atoms with Crippen LogP contribution in [0.1, 0.15) is 44.1 Å². The van der Waals surface area contributed by atoms with Crippen molar-refractivity contribution in [3.8, 4) is 0 Å². The fourth-order valence-corrected chi connectivity index (χ4v) is 4.70. The maximum Gasteiger partial charge on any atom is 0.227 e. The number of amides is 2. The van der Waals surface area contributed by atoms with Crippen molar-refractivity contribution in [2.75, 3.05) is 20.2 Å². The number of benzene rings is 1. The molecule has 0 radical (unpaired) electrons. The molecule has 0 spiro atoms. The summed E-state index contributed by atoms with van der Waals surface area (Å²) in [5.41, 5.74) is -0.467. The maximum absolute atomic E-state index is 13.8. The average Bonchev–Trinajstić information content (AvgIpc) is 3.23. The van der Waals surface area contributed by atoms with Gasteiger partial charge in [0.05, 0.1) is 12.0 Å². The highest BCUT2D eigenvalue weighted by Gasteiger charge is 2.66. The van der Waals surface area contributed by atoms with E-state index in [1.807, 2.05) is 0 Å². The maximum atomic E-state index is 13.8. The summed E-state index contributed by atoms with van der Waals surface area (Å²) in [7, 11) is 1.68. The molecule has 0 atom stereocenters. The summed E-state index contributed by atoms with van der Waals surface area (Å²) in [6.45, 7) is 0.874. The second kappa shape index (κ2) is 6.89.